The standard InChI is InChI=1S/C16H17N3O4/c1-9(2)7-17-12(20)8-19-15(21)14-13(18-16(19)22)10-5-3-4-6-11(10)23-14/h3-6,9H,7-8H2,1-2H3,(H,17,20)(H,18,22). The number of nitrogens with zero attached hydrogens (tertiary/aromatic N) is 1. The molecule has 0 atom stereocenters. The molecule has 3 rings (SSSR count). The quantitative estimate of drug-likeness (QED) is 0.756. The molecule has 7 nitrogen and oxygen atoms in total. The lowest BCUT2D eigenvalue weighted by Gasteiger charge is -2.08. The number of benzene rings is 1. The van der Waals surface area contributed by atoms with Gasteiger partial charge in [-0.15, -0.1) is 0 Å². The number of hydrogen-bond acceptors (Lipinski definition) is 4. The Balaban J connectivity index is 2.05. The monoisotopic (exact) mass is 315 g/mol. The Morgan fingerprint density at radius 3 is 2.78 bits per heavy atom. The average molecular weight is 315 g/mol. The van der Waals surface area contributed by atoms with Crippen LogP contribution in [0.3, 0.4) is 0 Å². The van der Waals surface area contributed by atoms with Gasteiger partial charge in [0.1, 0.15) is 17.6 Å². The topological polar surface area (TPSA) is 97.1 Å². The summed E-state index contributed by atoms with van der Waals surface area (Å²) in [6, 6.07) is 7.05. The van der Waals surface area contributed by atoms with Gasteiger partial charge in [-0.2, -0.15) is 0 Å². The van der Waals surface area contributed by atoms with E-state index in [0.717, 1.165) is 4.57 Å². The van der Waals surface area contributed by atoms with Crippen molar-refractivity contribution in [1.82, 2.24) is 14.9 Å². The van der Waals surface area contributed by atoms with Crippen molar-refractivity contribution in [3.05, 3.63) is 45.1 Å². The zero-order chi connectivity index (χ0) is 16.6. The number of H-pyrrole nitrogens is 1. The first kappa shape index (κ1) is 15.1. The fourth-order valence-corrected chi connectivity index (χ4v) is 2.37. The lowest BCUT2D eigenvalue weighted by atomic mass is 10.2. The summed E-state index contributed by atoms with van der Waals surface area (Å²) in [5, 5.41) is 3.34. The van der Waals surface area contributed by atoms with Gasteiger partial charge in [-0.05, 0) is 18.1 Å². The smallest absolute Gasteiger partial charge is 0.329 e. The molecule has 0 saturated heterocycles. The number of carbonyl (C=O) groups is 1. The summed E-state index contributed by atoms with van der Waals surface area (Å²) in [7, 11) is 0. The van der Waals surface area contributed by atoms with Crippen molar-refractivity contribution in [2.24, 2.45) is 5.92 Å². The van der Waals surface area contributed by atoms with E-state index in [1.54, 1.807) is 24.3 Å². The normalized spacial score (nSPS) is 11.4. The van der Waals surface area contributed by atoms with Crippen LogP contribution < -0.4 is 16.6 Å². The summed E-state index contributed by atoms with van der Waals surface area (Å²) >= 11 is 0. The maximum atomic E-state index is 12.5. The van der Waals surface area contributed by atoms with Gasteiger partial charge in [0.2, 0.25) is 11.5 Å². The molecular weight excluding hydrogens is 298 g/mol. The molecule has 0 unspecified atom stereocenters. The summed E-state index contributed by atoms with van der Waals surface area (Å²) in [6.07, 6.45) is 0. The molecule has 0 aliphatic carbocycles. The number of carbonyl (C=O) groups excluding carboxylic acids is 1. The van der Waals surface area contributed by atoms with Gasteiger partial charge in [-0.25, -0.2) is 9.36 Å². The Labute approximate surface area is 130 Å². The minimum Gasteiger partial charge on any atom is -0.449 e. The van der Waals surface area contributed by atoms with E-state index in [2.05, 4.69) is 10.3 Å². The van der Waals surface area contributed by atoms with Gasteiger partial charge in [0, 0.05) is 11.9 Å². The third-order valence-electron chi connectivity index (χ3n) is 3.52. The third-order valence-corrected chi connectivity index (χ3v) is 3.52. The van der Waals surface area contributed by atoms with Crippen LogP contribution in [0.4, 0.5) is 0 Å². The molecule has 0 radical (unpaired) electrons. The van der Waals surface area contributed by atoms with Gasteiger partial charge in [0.05, 0.1) is 0 Å². The zero-order valence-corrected chi connectivity index (χ0v) is 12.9. The van der Waals surface area contributed by atoms with E-state index in [4.69, 9.17) is 4.42 Å². The van der Waals surface area contributed by atoms with Crippen LogP contribution in [0, 0.1) is 5.92 Å². The Morgan fingerprint density at radius 2 is 2.04 bits per heavy atom. The summed E-state index contributed by atoms with van der Waals surface area (Å²) in [6.45, 7) is 4.06. The van der Waals surface area contributed by atoms with Gasteiger partial charge in [-0.1, -0.05) is 26.0 Å². The highest BCUT2D eigenvalue weighted by molar-refractivity contribution is 6.01. The molecule has 0 bridgehead atoms. The van der Waals surface area contributed by atoms with Crippen LogP contribution in [-0.2, 0) is 11.3 Å². The minimum absolute atomic E-state index is 0.0439. The van der Waals surface area contributed by atoms with Crippen LogP contribution in [0.25, 0.3) is 22.1 Å². The Morgan fingerprint density at radius 1 is 1.30 bits per heavy atom. The van der Waals surface area contributed by atoms with Gasteiger partial charge < -0.3 is 14.7 Å². The van der Waals surface area contributed by atoms with Gasteiger partial charge in [-0.3, -0.25) is 9.59 Å². The SMILES string of the molecule is CC(C)CNC(=O)Cn1c(=O)[nH]c2c(oc3ccccc32)c1=O. The molecule has 2 heterocycles. The average Bonchev–Trinajstić information content (AvgIpc) is 2.88. The second-order valence-electron chi connectivity index (χ2n) is 5.82. The number of fused-ring (bicyclic) bond motifs is 3. The molecule has 0 spiro atoms. The Kier molecular flexibility index (Phi) is 3.77. The van der Waals surface area contributed by atoms with E-state index in [0.29, 0.717) is 23.0 Å². The number of rotatable bonds is 4. The molecule has 2 N–H and O–H groups in total. The van der Waals surface area contributed by atoms with E-state index in [1.165, 1.54) is 0 Å². The van der Waals surface area contributed by atoms with Crippen molar-refractivity contribution in [2.45, 2.75) is 20.4 Å². The molecule has 0 fully saturated rings. The van der Waals surface area contributed by atoms with Gasteiger partial charge in [0.25, 0.3) is 5.56 Å². The van der Waals surface area contributed by atoms with E-state index in [9.17, 15) is 14.4 Å². The largest absolute Gasteiger partial charge is 0.449 e. The van der Waals surface area contributed by atoms with Crippen LogP contribution in [0.15, 0.2) is 38.3 Å². The summed E-state index contributed by atoms with van der Waals surface area (Å²) in [5.41, 5.74) is -0.331. The van der Waals surface area contributed by atoms with Gasteiger partial charge in [0.15, 0.2) is 0 Å². The van der Waals surface area contributed by atoms with Crippen molar-refractivity contribution < 1.29 is 9.21 Å². The first-order valence-corrected chi connectivity index (χ1v) is 7.38. The molecule has 3 aromatic rings. The van der Waals surface area contributed by atoms with E-state index >= 15 is 0 Å². The lowest BCUT2D eigenvalue weighted by Crippen LogP contribution is -2.41. The van der Waals surface area contributed by atoms with Crippen molar-refractivity contribution in [2.75, 3.05) is 6.54 Å². The number of hydrogen-bond donors (Lipinski definition) is 2. The number of para-hydroxylation sites is 1. The van der Waals surface area contributed by atoms with Crippen molar-refractivity contribution in [3.8, 4) is 0 Å². The molecule has 7 heteroatoms. The minimum atomic E-state index is -0.631. The van der Waals surface area contributed by atoms with E-state index < -0.39 is 11.2 Å². The number of furan rings is 1. The molecule has 0 saturated carbocycles. The highest BCUT2D eigenvalue weighted by atomic mass is 16.3. The van der Waals surface area contributed by atoms with Crippen molar-refractivity contribution in [3.63, 3.8) is 0 Å². The van der Waals surface area contributed by atoms with E-state index in [-0.39, 0.29) is 24.0 Å². The maximum absolute atomic E-state index is 12.5. The predicted octanol–water partition coefficient (Wildman–Crippen LogP) is 1.21. The van der Waals surface area contributed by atoms with E-state index in [1.807, 2.05) is 13.8 Å². The molecular formula is C16H17N3O4. The third kappa shape index (κ3) is 2.77. The molecule has 0 aliphatic heterocycles. The Hall–Kier alpha value is -2.83. The van der Waals surface area contributed by atoms with Crippen molar-refractivity contribution in [1.29, 1.82) is 0 Å². The predicted molar refractivity (Wildman–Crippen MR) is 86.4 cm³/mol. The molecule has 2 aromatic heterocycles. The number of amides is 1. The molecule has 120 valence electrons. The van der Waals surface area contributed by atoms with Crippen LogP contribution in [0.5, 0.6) is 0 Å². The Bertz CT molecular complexity index is 994. The molecule has 0 aliphatic rings. The maximum Gasteiger partial charge on any atom is 0.329 e. The first-order chi connectivity index (χ1) is 11.0. The fraction of sp³-hybridized carbons (Fsp3) is 0.312. The second kappa shape index (κ2) is 5.75. The van der Waals surface area contributed by atoms with Gasteiger partial charge >= 0.3 is 5.69 Å². The zero-order valence-electron chi connectivity index (χ0n) is 12.9. The summed E-state index contributed by atoms with van der Waals surface area (Å²) < 4.78 is 6.37. The van der Waals surface area contributed by atoms with Crippen LogP contribution in [0.2, 0.25) is 0 Å². The first-order valence-electron chi connectivity index (χ1n) is 7.38. The van der Waals surface area contributed by atoms with Crippen LogP contribution in [0.1, 0.15) is 13.8 Å². The van der Waals surface area contributed by atoms with Crippen molar-refractivity contribution >= 4 is 28.0 Å². The summed E-state index contributed by atoms with van der Waals surface area (Å²) in [5.74, 6) is -0.103. The highest BCUT2D eigenvalue weighted by Crippen LogP contribution is 2.23. The molecule has 1 aromatic carbocycles. The van der Waals surface area contributed by atoms with Crippen LogP contribution >= 0.6 is 0 Å². The number of aromatic nitrogens is 2. The fourth-order valence-electron chi connectivity index (χ4n) is 2.37. The number of aromatic amines is 1. The summed E-state index contributed by atoms with van der Waals surface area (Å²) in [4.78, 5) is 39.1. The highest BCUT2D eigenvalue weighted by Gasteiger charge is 2.16. The second-order valence-corrected chi connectivity index (χ2v) is 5.82. The molecule has 1 amide bonds. The lowest BCUT2D eigenvalue weighted by molar-refractivity contribution is -0.121. The van der Waals surface area contributed by atoms with Crippen LogP contribution in [-0.4, -0.2) is 22.0 Å². The molecule has 23 heavy (non-hydrogen) atoms. The number of nitrogens with one attached hydrogen (secondary N) is 2.